The van der Waals surface area contributed by atoms with E-state index in [4.69, 9.17) is 0 Å². The molecule has 0 saturated carbocycles. The Morgan fingerprint density at radius 2 is 2.04 bits per heavy atom. The molecule has 2 aliphatic heterocycles. The van der Waals surface area contributed by atoms with Gasteiger partial charge in [0.05, 0.1) is 5.92 Å². The third kappa shape index (κ3) is 4.66. The maximum Gasteiger partial charge on any atom is 0.224 e. The Hall–Kier alpha value is -1.66. The number of likely N-dealkylation sites (tertiary alicyclic amines) is 1. The van der Waals surface area contributed by atoms with E-state index in [1.165, 1.54) is 53.7 Å². The van der Waals surface area contributed by atoms with Crippen molar-refractivity contribution in [2.45, 2.75) is 45.4 Å². The molecule has 0 bridgehead atoms. The number of nitrogens with zero attached hydrogens (tertiary/aromatic N) is 3. The van der Waals surface area contributed by atoms with Crippen LogP contribution < -0.4 is 10.2 Å². The Morgan fingerprint density at radius 1 is 1.21 bits per heavy atom. The van der Waals surface area contributed by atoms with Crippen LogP contribution in [0.2, 0.25) is 0 Å². The van der Waals surface area contributed by atoms with E-state index < -0.39 is 0 Å². The van der Waals surface area contributed by atoms with Gasteiger partial charge in [-0.2, -0.15) is 0 Å². The minimum absolute atomic E-state index is 0.0645. The van der Waals surface area contributed by atoms with Crippen molar-refractivity contribution in [3.63, 3.8) is 0 Å². The number of pyridine rings is 1. The number of hydrogen-bond donors (Lipinski definition) is 1. The number of amides is 1. The molecule has 1 atom stereocenters. The summed E-state index contributed by atoms with van der Waals surface area (Å²) >= 11 is 1.81. The number of carbonyl (C=O) groups is 1. The molecule has 2 aromatic rings. The standard InChI is InChI=1S/C22H32N4OS/c1-17-15-19-20(28-17)8-9-23-21(19)26-13-6-7-18(16-26)22(27)24-10-14-25-11-4-2-3-5-12-25/h8-9,15,18H,2-7,10-14,16H2,1H3,(H,24,27)/t18-/m0/s1. The van der Waals surface area contributed by atoms with Crippen molar-refractivity contribution in [3.05, 3.63) is 23.2 Å². The third-order valence-electron chi connectivity index (χ3n) is 6.07. The van der Waals surface area contributed by atoms with Crippen molar-refractivity contribution in [1.82, 2.24) is 15.2 Å². The highest BCUT2D eigenvalue weighted by Crippen LogP contribution is 2.33. The maximum atomic E-state index is 12.8. The molecule has 2 fully saturated rings. The highest BCUT2D eigenvalue weighted by molar-refractivity contribution is 7.19. The van der Waals surface area contributed by atoms with Gasteiger partial charge in [0.2, 0.25) is 5.91 Å². The quantitative estimate of drug-likeness (QED) is 0.829. The number of aromatic nitrogens is 1. The molecule has 2 aliphatic rings. The van der Waals surface area contributed by atoms with Crippen LogP contribution in [0, 0.1) is 12.8 Å². The summed E-state index contributed by atoms with van der Waals surface area (Å²) in [4.78, 5) is 23.6. The molecule has 152 valence electrons. The van der Waals surface area contributed by atoms with E-state index in [2.05, 4.69) is 39.2 Å². The van der Waals surface area contributed by atoms with Crippen molar-refractivity contribution >= 4 is 33.1 Å². The molecule has 4 rings (SSSR count). The van der Waals surface area contributed by atoms with E-state index in [1.54, 1.807) is 0 Å². The van der Waals surface area contributed by atoms with Crippen LogP contribution in [0.15, 0.2) is 18.3 Å². The maximum absolute atomic E-state index is 12.8. The lowest BCUT2D eigenvalue weighted by Crippen LogP contribution is -2.45. The summed E-state index contributed by atoms with van der Waals surface area (Å²) in [5.74, 6) is 1.33. The van der Waals surface area contributed by atoms with Gasteiger partial charge in [-0.05, 0) is 57.8 Å². The first kappa shape index (κ1) is 19.6. The molecule has 0 aliphatic carbocycles. The van der Waals surface area contributed by atoms with Crippen LogP contribution in [0.5, 0.6) is 0 Å². The molecule has 2 saturated heterocycles. The van der Waals surface area contributed by atoms with Crippen molar-refractivity contribution < 1.29 is 4.79 Å². The second-order valence-corrected chi connectivity index (χ2v) is 9.52. The topological polar surface area (TPSA) is 48.5 Å². The van der Waals surface area contributed by atoms with Crippen LogP contribution in [0.1, 0.15) is 43.4 Å². The van der Waals surface area contributed by atoms with Crippen LogP contribution >= 0.6 is 11.3 Å². The van der Waals surface area contributed by atoms with Crippen LogP contribution in [-0.4, -0.2) is 55.1 Å². The number of hydrogen-bond acceptors (Lipinski definition) is 5. The van der Waals surface area contributed by atoms with Gasteiger partial charge in [-0.15, -0.1) is 11.3 Å². The number of carbonyl (C=O) groups excluding carboxylic acids is 1. The van der Waals surface area contributed by atoms with E-state index in [-0.39, 0.29) is 11.8 Å². The number of aryl methyl sites for hydroxylation is 1. The monoisotopic (exact) mass is 400 g/mol. The van der Waals surface area contributed by atoms with Gasteiger partial charge < -0.3 is 15.1 Å². The first-order valence-electron chi connectivity index (χ1n) is 10.8. The fourth-order valence-electron chi connectivity index (χ4n) is 4.55. The van der Waals surface area contributed by atoms with E-state index in [9.17, 15) is 4.79 Å². The zero-order chi connectivity index (χ0) is 19.3. The Kier molecular flexibility index (Phi) is 6.47. The number of thiophene rings is 1. The van der Waals surface area contributed by atoms with Crippen LogP contribution in [-0.2, 0) is 4.79 Å². The number of anilines is 1. The fraction of sp³-hybridized carbons (Fsp3) is 0.636. The van der Waals surface area contributed by atoms with Gasteiger partial charge in [-0.3, -0.25) is 4.79 Å². The summed E-state index contributed by atoms with van der Waals surface area (Å²) in [6, 6.07) is 4.32. The number of rotatable bonds is 5. The van der Waals surface area contributed by atoms with Crippen molar-refractivity contribution in [1.29, 1.82) is 0 Å². The summed E-state index contributed by atoms with van der Waals surface area (Å²) in [7, 11) is 0. The third-order valence-corrected chi connectivity index (χ3v) is 7.08. The first-order valence-corrected chi connectivity index (χ1v) is 11.6. The van der Waals surface area contributed by atoms with Gasteiger partial charge in [-0.25, -0.2) is 4.98 Å². The molecule has 6 heteroatoms. The summed E-state index contributed by atoms with van der Waals surface area (Å²) < 4.78 is 1.28. The number of nitrogens with one attached hydrogen (secondary N) is 1. The minimum Gasteiger partial charge on any atom is -0.355 e. The molecule has 1 amide bonds. The molecule has 0 unspecified atom stereocenters. The van der Waals surface area contributed by atoms with Gasteiger partial charge in [-0.1, -0.05) is 12.8 Å². The lowest BCUT2D eigenvalue weighted by atomic mass is 9.97. The van der Waals surface area contributed by atoms with Gasteiger partial charge in [0.1, 0.15) is 5.82 Å². The van der Waals surface area contributed by atoms with Gasteiger partial charge >= 0.3 is 0 Å². The van der Waals surface area contributed by atoms with Gasteiger partial charge in [0.25, 0.3) is 0 Å². The average Bonchev–Trinajstić information content (AvgIpc) is 2.91. The number of fused-ring (bicyclic) bond motifs is 1. The molecule has 0 spiro atoms. The predicted octanol–water partition coefficient (Wildman–Crippen LogP) is 3.81. The molecule has 0 aromatic carbocycles. The van der Waals surface area contributed by atoms with Crippen LogP contribution in [0.3, 0.4) is 0 Å². The Bertz CT molecular complexity index is 797. The molecular weight excluding hydrogens is 368 g/mol. The second-order valence-electron chi connectivity index (χ2n) is 8.24. The zero-order valence-corrected chi connectivity index (χ0v) is 17.8. The van der Waals surface area contributed by atoms with Crippen molar-refractivity contribution in [3.8, 4) is 0 Å². The highest BCUT2D eigenvalue weighted by atomic mass is 32.1. The average molecular weight is 401 g/mol. The lowest BCUT2D eigenvalue weighted by Gasteiger charge is -2.33. The molecule has 5 nitrogen and oxygen atoms in total. The van der Waals surface area contributed by atoms with E-state index >= 15 is 0 Å². The molecule has 4 heterocycles. The normalized spacial score (nSPS) is 21.6. The largest absolute Gasteiger partial charge is 0.355 e. The van der Waals surface area contributed by atoms with Crippen LogP contribution in [0.4, 0.5) is 5.82 Å². The number of piperidine rings is 1. The Balaban J connectivity index is 1.33. The summed E-state index contributed by atoms with van der Waals surface area (Å²) in [6.45, 7) is 8.02. The zero-order valence-electron chi connectivity index (χ0n) is 17.0. The molecule has 1 N–H and O–H groups in total. The van der Waals surface area contributed by atoms with Gasteiger partial charge in [0, 0.05) is 47.3 Å². The molecule has 28 heavy (non-hydrogen) atoms. The Morgan fingerprint density at radius 3 is 2.86 bits per heavy atom. The Labute approximate surface area is 172 Å². The molecular formula is C22H32N4OS. The summed E-state index contributed by atoms with van der Waals surface area (Å²) in [5, 5.41) is 4.44. The van der Waals surface area contributed by atoms with E-state index in [0.29, 0.717) is 0 Å². The van der Waals surface area contributed by atoms with Crippen molar-refractivity contribution in [2.24, 2.45) is 5.92 Å². The SMILES string of the molecule is Cc1cc2c(N3CCC[C@H](C(=O)NCCN4CCCCCC4)C3)nccc2s1. The highest BCUT2D eigenvalue weighted by Gasteiger charge is 2.27. The van der Waals surface area contributed by atoms with Crippen molar-refractivity contribution in [2.75, 3.05) is 44.2 Å². The molecule has 2 aromatic heterocycles. The first-order chi connectivity index (χ1) is 13.7. The van der Waals surface area contributed by atoms with E-state index in [1.807, 2.05) is 17.5 Å². The minimum atomic E-state index is 0.0645. The van der Waals surface area contributed by atoms with Gasteiger partial charge in [0.15, 0.2) is 0 Å². The molecule has 0 radical (unpaired) electrons. The fourth-order valence-corrected chi connectivity index (χ4v) is 5.47. The van der Waals surface area contributed by atoms with E-state index in [0.717, 1.165) is 44.8 Å². The smallest absolute Gasteiger partial charge is 0.224 e. The second kappa shape index (κ2) is 9.23. The lowest BCUT2D eigenvalue weighted by molar-refractivity contribution is -0.125. The summed E-state index contributed by atoms with van der Waals surface area (Å²) in [6.07, 6.45) is 9.23. The predicted molar refractivity (Wildman–Crippen MR) is 117 cm³/mol. The van der Waals surface area contributed by atoms with Crippen LogP contribution in [0.25, 0.3) is 10.1 Å². The summed E-state index contributed by atoms with van der Waals surface area (Å²) in [5.41, 5.74) is 0.